The van der Waals surface area contributed by atoms with Crippen LogP contribution in [0.15, 0.2) is 23.4 Å². The molecule has 1 amide bonds. The molecule has 0 spiro atoms. The molecule has 2 rings (SSSR count). The van der Waals surface area contributed by atoms with Crippen LogP contribution >= 0.6 is 11.8 Å². The van der Waals surface area contributed by atoms with Crippen LogP contribution in [0.2, 0.25) is 0 Å². The Bertz CT molecular complexity index is 458. The second-order valence-corrected chi connectivity index (χ2v) is 4.98. The van der Waals surface area contributed by atoms with E-state index in [0.29, 0.717) is 5.03 Å². The van der Waals surface area contributed by atoms with Gasteiger partial charge in [-0.1, -0.05) is 11.8 Å². The minimum absolute atomic E-state index is 0.0347. The lowest BCUT2D eigenvalue weighted by molar-refractivity contribution is -0.255. The van der Waals surface area contributed by atoms with Crippen molar-refractivity contribution in [3.05, 3.63) is 23.9 Å². The predicted octanol–water partition coefficient (Wildman–Crippen LogP) is 0.160. The van der Waals surface area contributed by atoms with Crippen LogP contribution in [0.3, 0.4) is 0 Å². The summed E-state index contributed by atoms with van der Waals surface area (Å²) in [4.78, 5) is 28.4. The maximum Gasteiger partial charge on any atom is 0.232 e. The largest absolute Gasteiger partial charge is 0.545 e. The molecular weight excluding hydrogens is 252 g/mol. The van der Waals surface area contributed by atoms with Gasteiger partial charge in [-0.3, -0.25) is 4.79 Å². The van der Waals surface area contributed by atoms with Crippen LogP contribution in [-0.4, -0.2) is 40.6 Å². The van der Waals surface area contributed by atoms with Crippen LogP contribution < -0.4 is 5.11 Å². The summed E-state index contributed by atoms with van der Waals surface area (Å²) in [6.45, 7) is 1.60. The van der Waals surface area contributed by atoms with Gasteiger partial charge in [-0.25, -0.2) is 4.98 Å². The van der Waals surface area contributed by atoms with Crippen molar-refractivity contribution >= 4 is 23.6 Å². The summed E-state index contributed by atoms with van der Waals surface area (Å²) >= 11 is 1.15. The van der Waals surface area contributed by atoms with Crippen LogP contribution in [0.5, 0.6) is 0 Å². The zero-order valence-electron chi connectivity index (χ0n) is 9.80. The van der Waals surface area contributed by atoms with Gasteiger partial charge in [0.25, 0.3) is 0 Å². The number of pyridine rings is 1. The molecule has 1 fully saturated rings. The summed E-state index contributed by atoms with van der Waals surface area (Å²) < 4.78 is 0. The summed E-state index contributed by atoms with van der Waals surface area (Å²) in [5, 5.41) is 11.2. The van der Waals surface area contributed by atoms with Crippen LogP contribution in [0.1, 0.15) is 23.2 Å². The number of aromatic carboxylic acids is 1. The summed E-state index contributed by atoms with van der Waals surface area (Å²) in [7, 11) is 0. The molecule has 0 atom stereocenters. The van der Waals surface area contributed by atoms with Crippen molar-refractivity contribution in [2.45, 2.75) is 17.9 Å². The number of carboxylic acids is 1. The van der Waals surface area contributed by atoms with Crippen LogP contribution in [0.25, 0.3) is 0 Å². The molecule has 5 nitrogen and oxygen atoms in total. The molecule has 1 saturated heterocycles. The Kier molecular flexibility index (Phi) is 4.19. The third-order valence-corrected chi connectivity index (χ3v) is 3.77. The number of nitrogens with zero attached hydrogens (tertiary/aromatic N) is 2. The number of thioether (sulfide) groups is 1. The molecule has 0 radical (unpaired) electrons. The Balaban J connectivity index is 1.97. The molecule has 0 unspecified atom stereocenters. The van der Waals surface area contributed by atoms with Crippen molar-refractivity contribution < 1.29 is 14.7 Å². The van der Waals surface area contributed by atoms with E-state index in [0.717, 1.165) is 37.7 Å². The van der Waals surface area contributed by atoms with E-state index in [1.807, 2.05) is 0 Å². The van der Waals surface area contributed by atoms with Gasteiger partial charge in [-0.15, -0.1) is 0 Å². The highest BCUT2D eigenvalue weighted by Crippen LogP contribution is 2.20. The molecule has 2 heterocycles. The molecule has 1 aromatic heterocycles. The third-order valence-electron chi connectivity index (χ3n) is 2.78. The fraction of sp³-hybridized carbons (Fsp3) is 0.417. The van der Waals surface area contributed by atoms with Gasteiger partial charge in [0.05, 0.1) is 11.7 Å². The van der Waals surface area contributed by atoms with E-state index in [9.17, 15) is 14.7 Å². The molecule has 18 heavy (non-hydrogen) atoms. The molecule has 0 N–H and O–H groups in total. The second kappa shape index (κ2) is 5.86. The lowest BCUT2D eigenvalue weighted by Crippen LogP contribution is -2.29. The molecule has 0 saturated carbocycles. The Morgan fingerprint density at radius 3 is 2.78 bits per heavy atom. The maximum absolute atomic E-state index is 11.8. The van der Waals surface area contributed by atoms with Crippen LogP contribution in [0.4, 0.5) is 0 Å². The number of likely N-dealkylation sites (tertiary alicyclic amines) is 1. The van der Waals surface area contributed by atoms with Gasteiger partial charge in [0.2, 0.25) is 5.91 Å². The number of carbonyl (C=O) groups is 2. The zero-order valence-corrected chi connectivity index (χ0v) is 10.6. The highest BCUT2D eigenvalue weighted by Gasteiger charge is 2.18. The van der Waals surface area contributed by atoms with Crippen LogP contribution in [-0.2, 0) is 4.79 Å². The summed E-state index contributed by atoms with van der Waals surface area (Å²) in [6, 6.07) is 2.97. The number of amides is 1. The first kappa shape index (κ1) is 12.9. The average molecular weight is 265 g/mol. The standard InChI is InChI=1S/C12H14N2O3S/c15-10(14-6-1-2-7-14)8-18-11-9(12(16)17)4-3-5-13-11/h3-5H,1-2,6-8H2,(H,16,17)/p-1. The van der Waals surface area contributed by atoms with Crippen molar-refractivity contribution in [3.8, 4) is 0 Å². The molecule has 96 valence electrons. The first-order chi connectivity index (χ1) is 8.68. The monoisotopic (exact) mass is 265 g/mol. The van der Waals surface area contributed by atoms with Crippen molar-refractivity contribution in [1.29, 1.82) is 0 Å². The van der Waals surface area contributed by atoms with Crippen molar-refractivity contribution in [3.63, 3.8) is 0 Å². The third kappa shape index (κ3) is 3.01. The van der Waals surface area contributed by atoms with E-state index in [-0.39, 0.29) is 17.2 Å². The van der Waals surface area contributed by atoms with E-state index in [2.05, 4.69) is 4.98 Å². The number of carbonyl (C=O) groups excluding carboxylic acids is 2. The Morgan fingerprint density at radius 2 is 2.11 bits per heavy atom. The van der Waals surface area contributed by atoms with E-state index in [1.165, 1.54) is 18.3 Å². The quantitative estimate of drug-likeness (QED) is 0.725. The SMILES string of the molecule is O=C([O-])c1cccnc1SCC(=O)N1CCCC1. The topological polar surface area (TPSA) is 73.3 Å². The predicted molar refractivity (Wildman–Crippen MR) is 65.1 cm³/mol. The van der Waals surface area contributed by atoms with E-state index >= 15 is 0 Å². The Labute approximate surface area is 109 Å². The Morgan fingerprint density at radius 1 is 1.39 bits per heavy atom. The fourth-order valence-electron chi connectivity index (χ4n) is 1.85. The normalized spacial score (nSPS) is 14.8. The molecule has 0 aliphatic carbocycles. The van der Waals surface area contributed by atoms with E-state index in [1.54, 1.807) is 4.90 Å². The number of aromatic nitrogens is 1. The van der Waals surface area contributed by atoms with Gasteiger partial charge >= 0.3 is 0 Å². The molecule has 6 heteroatoms. The lowest BCUT2D eigenvalue weighted by Gasteiger charge is -2.15. The fourth-order valence-corrected chi connectivity index (χ4v) is 2.73. The highest BCUT2D eigenvalue weighted by molar-refractivity contribution is 8.00. The van der Waals surface area contributed by atoms with Gasteiger partial charge in [-0.05, 0) is 25.0 Å². The average Bonchev–Trinajstić information content (AvgIpc) is 2.90. The van der Waals surface area contributed by atoms with Gasteiger partial charge in [0.1, 0.15) is 5.03 Å². The molecule has 0 bridgehead atoms. The molecule has 1 aliphatic heterocycles. The number of hydrogen-bond acceptors (Lipinski definition) is 5. The number of rotatable bonds is 4. The van der Waals surface area contributed by atoms with Gasteiger partial charge in [0, 0.05) is 24.8 Å². The second-order valence-electron chi connectivity index (χ2n) is 4.02. The first-order valence-corrected chi connectivity index (χ1v) is 6.74. The zero-order chi connectivity index (χ0) is 13.0. The highest BCUT2D eigenvalue weighted by atomic mass is 32.2. The Hall–Kier alpha value is -1.56. The smallest absolute Gasteiger partial charge is 0.232 e. The summed E-state index contributed by atoms with van der Waals surface area (Å²) in [5.41, 5.74) is 0.0386. The molecule has 1 aromatic rings. The van der Waals surface area contributed by atoms with E-state index in [4.69, 9.17) is 0 Å². The van der Waals surface area contributed by atoms with Crippen molar-refractivity contribution in [2.75, 3.05) is 18.8 Å². The summed E-state index contributed by atoms with van der Waals surface area (Å²) in [6.07, 6.45) is 3.60. The maximum atomic E-state index is 11.8. The van der Waals surface area contributed by atoms with Crippen molar-refractivity contribution in [2.24, 2.45) is 0 Å². The summed E-state index contributed by atoms with van der Waals surface area (Å²) in [5.74, 6) is -1.01. The molecular formula is C12H13N2O3S-. The molecule has 1 aliphatic rings. The van der Waals surface area contributed by atoms with Crippen LogP contribution in [0, 0.1) is 0 Å². The van der Waals surface area contributed by atoms with E-state index < -0.39 is 5.97 Å². The van der Waals surface area contributed by atoms with Gasteiger partial charge < -0.3 is 14.8 Å². The minimum Gasteiger partial charge on any atom is -0.545 e. The van der Waals surface area contributed by atoms with Gasteiger partial charge in [-0.2, -0.15) is 0 Å². The van der Waals surface area contributed by atoms with Gasteiger partial charge in [0.15, 0.2) is 0 Å². The molecule has 0 aromatic carbocycles. The minimum atomic E-state index is -1.26. The van der Waals surface area contributed by atoms with Crippen molar-refractivity contribution in [1.82, 2.24) is 9.88 Å². The lowest BCUT2D eigenvalue weighted by atomic mass is 10.3. The number of hydrogen-bond donors (Lipinski definition) is 0. The first-order valence-electron chi connectivity index (χ1n) is 5.75. The number of carboxylic acid groups (broad SMARTS) is 1.